The molecule has 3 rings (SSSR count). The van der Waals surface area contributed by atoms with Crippen molar-refractivity contribution < 1.29 is 41.6 Å². The van der Waals surface area contributed by atoms with E-state index < -0.39 is 12.6 Å². The third-order valence-electron chi connectivity index (χ3n) is 5.98. The van der Waals surface area contributed by atoms with E-state index in [0.29, 0.717) is 56.8 Å². The van der Waals surface area contributed by atoms with E-state index in [0.717, 1.165) is 0 Å². The zero-order chi connectivity index (χ0) is 28.6. The fourth-order valence-electron chi connectivity index (χ4n) is 4.07. The second-order valence-electron chi connectivity index (χ2n) is 8.27. The molecule has 0 aromatic heterocycles. The third kappa shape index (κ3) is 7.19. The lowest BCUT2D eigenvalue weighted by Gasteiger charge is -2.15. The average molecular weight is 545 g/mol. The second-order valence-corrected chi connectivity index (χ2v) is 8.27. The van der Waals surface area contributed by atoms with Crippen LogP contribution >= 0.6 is 0 Å². The van der Waals surface area contributed by atoms with Crippen LogP contribution in [0.2, 0.25) is 0 Å². The molecule has 208 valence electrons. The third-order valence-corrected chi connectivity index (χ3v) is 5.98. The number of benzene rings is 3. The summed E-state index contributed by atoms with van der Waals surface area (Å²) in [7, 11) is 9.02. The lowest BCUT2D eigenvalue weighted by molar-refractivity contribution is -0.127. The highest BCUT2D eigenvalue weighted by Gasteiger charge is 2.29. The molecule has 0 saturated heterocycles. The molecule has 3 aromatic rings. The predicted molar refractivity (Wildman–Crippen MR) is 146 cm³/mol. The summed E-state index contributed by atoms with van der Waals surface area (Å²) in [5.41, 5.74) is 2.17. The average Bonchev–Trinajstić information content (AvgIpc) is 2.93. The number of halogens is 3. The Balaban J connectivity index is 2.09. The summed E-state index contributed by atoms with van der Waals surface area (Å²) in [5, 5.41) is 0. The number of alkyl halides is 3. The molecule has 39 heavy (non-hydrogen) atoms. The number of hydrogen-bond donors (Lipinski definition) is 0. The van der Waals surface area contributed by atoms with Crippen molar-refractivity contribution >= 4 is 24.3 Å². The number of ether oxygens (including phenoxy) is 6. The number of rotatable bonds is 11. The van der Waals surface area contributed by atoms with Gasteiger partial charge in [-0.15, -0.1) is 0 Å². The van der Waals surface area contributed by atoms with Crippen LogP contribution in [0, 0.1) is 0 Å². The molecule has 0 spiro atoms. The van der Waals surface area contributed by atoms with Crippen LogP contribution in [0.4, 0.5) is 13.2 Å². The Morgan fingerprint density at radius 1 is 0.513 bits per heavy atom. The Kier molecular flexibility index (Phi) is 9.76. The maximum Gasteiger partial charge on any atom is 0.393 e. The first-order valence-electron chi connectivity index (χ1n) is 11.8. The van der Waals surface area contributed by atoms with Crippen LogP contribution in [0.5, 0.6) is 34.5 Å². The van der Waals surface area contributed by atoms with E-state index in [4.69, 9.17) is 28.4 Å². The summed E-state index contributed by atoms with van der Waals surface area (Å²) in [6.45, 7) is 0. The Morgan fingerprint density at radius 2 is 0.846 bits per heavy atom. The molecular formula is C30H31F3O6. The molecule has 0 aliphatic rings. The van der Waals surface area contributed by atoms with E-state index in [1.807, 2.05) is 0 Å². The van der Waals surface area contributed by atoms with Crippen LogP contribution in [0.25, 0.3) is 24.3 Å². The van der Waals surface area contributed by atoms with Gasteiger partial charge in [-0.1, -0.05) is 42.5 Å². The van der Waals surface area contributed by atoms with Gasteiger partial charge in [0.25, 0.3) is 0 Å². The molecule has 0 N–H and O–H groups in total. The van der Waals surface area contributed by atoms with Crippen LogP contribution in [0.1, 0.15) is 27.8 Å². The first kappa shape index (κ1) is 29.3. The topological polar surface area (TPSA) is 55.4 Å². The number of hydrogen-bond acceptors (Lipinski definition) is 6. The summed E-state index contributed by atoms with van der Waals surface area (Å²) < 4.78 is 73.3. The fourth-order valence-corrected chi connectivity index (χ4v) is 4.07. The summed E-state index contributed by atoms with van der Waals surface area (Å²) in [6.07, 6.45) is 1.08. The summed E-state index contributed by atoms with van der Waals surface area (Å²) in [4.78, 5) is 0. The van der Waals surface area contributed by atoms with E-state index in [1.165, 1.54) is 42.7 Å². The van der Waals surface area contributed by atoms with Crippen molar-refractivity contribution in [2.24, 2.45) is 0 Å². The minimum Gasteiger partial charge on any atom is -0.496 e. The quantitative estimate of drug-likeness (QED) is 0.238. The largest absolute Gasteiger partial charge is 0.496 e. The van der Waals surface area contributed by atoms with Gasteiger partial charge in [-0.3, -0.25) is 0 Å². The van der Waals surface area contributed by atoms with Crippen LogP contribution < -0.4 is 28.4 Å². The van der Waals surface area contributed by atoms with Gasteiger partial charge in [0.2, 0.25) is 0 Å². The Morgan fingerprint density at radius 3 is 1.18 bits per heavy atom. The summed E-state index contributed by atoms with van der Waals surface area (Å²) in [6, 6.07) is 11.7. The second kappa shape index (κ2) is 13.0. The van der Waals surface area contributed by atoms with Crippen molar-refractivity contribution in [2.75, 3.05) is 42.7 Å². The van der Waals surface area contributed by atoms with Gasteiger partial charge in [0.15, 0.2) is 23.0 Å². The Bertz CT molecular complexity index is 1250. The first-order valence-corrected chi connectivity index (χ1v) is 11.8. The highest BCUT2D eigenvalue weighted by Crippen LogP contribution is 2.37. The van der Waals surface area contributed by atoms with Crippen LogP contribution in [-0.4, -0.2) is 48.8 Å². The highest BCUT2D eigenvalue weighted by molar-refractivity contribution is 5.80. The van der Waals surface area contributed by atoms with Crippen LogP contribution in [0.3, 0.4) is 0 Å². The molecule has 3 aromatic carbocycles. The molecule has 0 radical (unpaired) electrons. The van der Waals surface area contributed by atoms with Gasteiger partial charge in [0.1, 0.15) is 11.5 Å². The fraction of sp³-hybridized carbons (Fsp3) is 0.267. The molecule has 9 heteroatoms. The van der Waals surface area contributed by atoms with Gasteiger partial charge in [0.05, 0.1) is 49.1 Å². The minimum absolute atomic E-state index is 0.122. The molecule has 0 bridgehead atoms. The maximum absolute atomic E-state index is 13.7. The van der Waals surface area contributed by atoms with Crippen molar-refractivity contribution in [2.45, 2.75) is 12.6 Å². The molecule has 0 fully saturated rings. The smallest absolute Gasteiger partial charge is 0.393 e. The normalized spacial score (nSPS) is 11.6. The van der Waals surface area contributed by atoms with Crippen molar-refractivity contribution in [3.05, 3.63) is 70.3 Å². The van der Waals surface area contributed by atoms with Gasteiger partial charge in [-0.25, -0.2) is 0 Å². The standard InChI is InChI=1S/C30H31F3O6/c1-34-24-16-28(38-5)26(36-3)14-21(24)12-10-19-8-7-9-20(23(19)18-30(31,32)33)11-13-22-15-27(37-4)29(39-6)17-25(22)35-2/h7-17H,18H2,1-6H3/b12-10+,13-11+. The van der Waals surface area contributed by atoms with Crippen molar-refractivity contribution in [1.82, 2.24) is 0 Å². The SMILES string of the molecule is COc1cc(OC)c(OC)cc1/C=C/c1cccc(/C=C/c2cc(OC)c(OC)cc2OC)c1CC(F)(F)F. The number of methoxy groups -OCH3 is 6. The van der Waals surface area contributed by atoms with Crippen molar-refractivity contribution in [3.63, 3.8) is 0 Å². The van der Waals surface area contributed by atoms with Gasteiger partial charge >= 0.3 is 6.18 Å². The molecule has 0 atom stereocenters. The monoisotopic (exact) mass is 544 g/mol. The lowest BCUT2D eigenvalue weighted by atomic mass is 9.96. The molecular weight excluding hydrogens is 513 g/mol. The minimum atomic E-state index is -4.42. The van der Waals surface area contributed by atoms with Crippen LogP contribution in [0.15, 0.2) is 42.5 Å². The molecule has 0 heterocycles. The molecule has 0 aliphatic carbocycles. The van der Waals surface area contributed by atoms with Gasteiger partial charge in [-0.05, 0) is 28.8 Å². The molecule has 0 amide bonds. The van der Waals surface area contributed by atoms with Crippen molar-refractivity contribution in [1.29, 1.82) is 0 Å². The first-order chi connectivity index (χ1) is 18.7. The van der Waals surface area contributed by atoms with Crippen LogP contribution in [-0.2, 0) is 6.42 Å². The summed E-state index contributed by atoms with van der Waals surface area (Å²) >= 11 is 0. The zero-order valence-electron chi connectivity index (χ0n) is 22.6. The Hall–Kier alpha value is -4.27. The molecule has 6 nitrogen and oxygen atoms in total. The molecule has 0 saturated carbocycles. The Labute approximate surface area is 226 Å². The van der Waals surface area contributed by atoms with E-state index in [9.17, 15) is 13.2 Å². The predicted octanol–water partition coefficient (Wildman–Crippen LogP) is 7.18. The van der Waals surface area contributed by atoms with E-state index in [-0.39, 0.29) is 5.56 Å². The zero-order valence-corrected chi connectivity index (χ0v) is 22.6. The maximum atomic E-state index is 13.7. The lowest BCUT2D eigenvalue weighted by Crippen LogP contribution is -2.13. The summed E-state index contributed by atoms with van der Waals surface area (Å²) in [5.74, 6) is 2.85. The van der Waals surface area contributed by atoms with Gasteiger partial charge < -0.3 is 28.4 Å². The highest BCUT2D eigenvalue weighted by atomic mass is 19.4. The molecule has 0 aliphatic heterocycles. The van der Waals surface area contributed by atoms with Gasteiger partial charge in [-0.2, -0.15) is 13.2 Å². The van der Waals surface area contributed by atoms with Gasteiger partial charge in [0, 0.05) is 23.3 Å². The van der Waals surface area contributed by atoms with Crippen molar-refractivity contribution in [3.8, 4) is 34.5 Å². The molecule has 0 unspecified atom stereocenters. The van der Waals surface area contributed by atoms with E-state index >= 15 is 0 Å². The van der Waals surface area contributed by atoms with E-state index in [1.54, 1.807) is 66.8 Å². The van der Waals surface area contributed by atoms with E-state index in [2.05, 4.69) is 0 Å².